The van der Waals surface area contributed by atoms with Crippen LogP contribution in [0.25, 0.3) is 0 Å². The van der Waals surface area contributed by atoms with Crippen LogP contribution in [0, 0.1) is 12.3 Å². The average Bonchev–Trinajstić information content (AvgIpc) is 2.32. The van der Waals surface area contributed by atoms with Gasteiger partial charge < -0.3 is 4.74 Å². The second-order valence-electron chi connectivity index (χ2n) is 4.29. The van der Waals surface area contributed by atoms with Gasteiger partial charge in [-0.15, -0.1) is 6.58 Å². The van der Waals surface area contributed by atoms with Crippen molar-refractivity contribution in [3.8, 4) is 0 Å². The van der Waals surface area contributed by atoms with Gasteiger partial charge in [-0.3, -0.25) is 9.78 Å². The standard InChI is InChI=1S/C14H19NO2/c1-5-14(4,13(16)17-6-2)10-12-11(3)8-7-9-15-12/h5,7-9H,1,6,10H2,2-4H3. The van der Waals surface area contributed by atoms with Gasteiger partial charge in [-0.1, -0.05) is 12.1 Å². The third kappa shape index (κ3) is 3.16. The first-order chi connectivity index (χ1) is 8.03. The smallest absolute Gasteiger partial charge is 0.316 e. The quantitative estimate of drug-likeness (QED) is 0.580. The molecular formula is C14H19NO2. The van der Waals surface area contributed by atoms with Gasteiger partial charge in [0, 0.05) is 18.3 Å². The van der Waals surface area contributed by atoms with Gasteiger partial charge in [-0.25, -0.2) is 0 Å². The molecule has 0 amide bonds. The van der Waals surface area contributed by atoms with Crippen molar-refractivity contribution in [1.82, 2.24) is 4.98 Å². The number of aryl methyl sites for hydroxylation is 1. The summed E-state index contributed by atoms with van der Waals surface area (Å²) in [7, 11) is 0. The minimum Gasteiger partial charge on any atom is -0.465 e. The first kappa shape index (κ1) is 13.4. The fourth-order valence-corrected chi connectivity index (χ4v) is 1.57. The van der Waals surface area contributed by atoms with Gasteiger partial charge >= 0.3 is 5.97 Å². The minimum atomic E-state index is -0.713. The zero-order chi connectivity index (χ0) is 12.9. The normalized spacial score (nSPS) is 13.8. The van der Waals surface area contributed by atoms with E-state index in [9.17, 15) is 4.79 Å². The lowest BCUT2D eigenvalue weighted by Crippen LogP contribution is -2.30. The molecule has 3 nitrogen and oxygen atoms in total. The van der Waals surface area contributed by atoms with Crippen molar-refractivity contribution in [1.29, 1.82) is 0 Å². The average molecular weight is 233 g/mol. The van der Waals surface area contributed by atoms with Crippen LogP contribution in [-0.2, 0) is 16.0 Å². The monoisotopic (exact) mass is 233 g/mol. The molecule has 92 valence electrons. The van der Waals surface area contributed by atoms with Crippen molar-refractivity contribution in [2.75, 3.05) is 6.61 Å². The largest absolute Gasteiger partial charge is 0.465 e. The number of carbonyl (C=O) groups excluding carboxylic acids is 1. The van der Waals surface area contributed by atoms with Gasteiger partial charge in [0.05, 0.1) is 12.0 Å². The van der Waals surface area contributed by atoms with E-state index in [-0.39, 0.29) is 5.97 Å². The Balaban J connectivity index is 2.93. The number of rotatable bonds is 5. The molecular weight excluding hydrogens is 214 g/mol. The predicted octanol–water partition coefficient (Wildman–Crippen LogP) is 2.69. The summed E-state index contributed by atoms with van der Waals surface area (Å²) in [6.45, 7) is 9.72. The summed E-state index contributed by atoms with van der Waals surface area (Å²) in [5.74, 6) is -0.250. The number of esters is 1. The Labute approximate surface area is 103 Å². The molecule has 0 fully saturated rings. The molecule has 0 saturated carbocycles. The molecule has 0 aliphatic carbocycles. The maximum absolute atomic E-state index is 11.9. The summed E-state index contributed by atoms with van der Waals surface area (Å²) in [4.78, 5) is 16.2. The molecule has 1 aromatic heterocycles. The number of aromatic nitrogens is 1. The summed E-state index contributed by atoms with van der Waals surface area (Å²) < 4.78 is 5.07. The first-order valence-electron chi connectivity index (χ1n) is 5.75. The summed E-state index contributed by atoms with van der Waals surface area (Å²) in [5.41, 5.74) is 1.27. The number of carbonyl (C=O) groups is 1. The number of ether oxygens (including phenoxy) is 1. The van der Waals surface area contributed by atoms with E-state index in [2.05, 4.69) is 11.6 Å². The molecule has 1 aromatic rings. The van der Waals surface area contributed by atoms with E-state index in [0.29, 0.717) is 13.0 Å². The highest BCUT2D eigenvalue weighted by molar-refractivity contribution is 5.79. The topological polar surface area (TPSA) is 39.2 Å². The van der Waals surface area contributed by atoms with Crippen LogP contribution < -0.4 is 0 Å². The summed E-state index contributed by atoms with van der Waals surface area (Å²) in [6.07, 6.45) is 3.89. The predicted molar refractivity (Wildman–Crippen MR) is 67.6 cm³/mol. The fraction of sp³-hybridized carbons (Fsp3) is 0.429. The van der Waals surface area contributed by atoms with Crippen LogP contribution in [0.1, 0.15) is 25.1 Å². The second kappa shape index (κ2) is 5.62. The SMILES string of the molecule is C=CC(C)(Cc1ncccc1C)C(=O)OCC. The summed E-state index contributed by atoms with van der Waals surface area (Å²) in [5, 5.41) is 0. The number of nitrogens with zero attached hydrogens (tertiary/aromatic N) is 1. The van der Waals surface area contributed by atoms with Crippen molar-refractivity contribution < 1.29 is 9.53 Å². The van der Waals surface area contributed by atoms with Gasteiger partial charge in [-0.2, -0.15) is 0 Å². The molecule has 17 heavy (non-hydrogen) atoms. The molecule has 1 heterocycles. The third-order valence-corrected chi connectivity index (χ3v) is 2.84. The van der Waals surface area contributed by atoms with Crippen LogP contribution in [0.4, 0.5) is 0 Å². The minimum absolute atomic E-state index is 0.250. The summed E-state index contributed by atoms with van der Waals surface area (Å²) in [6, 6.07) is 3.87. The first-order valence-corrected chi connectivity index (χ1v) is 5.75. The van der Waals surface area contributed by atoms with Crippen LogP contribution in [0.2, 0.25) is 0 Å². The van der Waals surface area contributed by atoms with Gasteiger partial charge in [0.1, 0.15) is 0 Å². The van der Waals surface area contributed by atoms with E-state index in [4.69, 9.17) is 4.74 Å². The molecule has 1 atom stereocenters. The van der Waals surface area contributed by atoms with E-state index in [0.717, 1.165) is 11.3 Å². The van der Waals surface area contributed by atoms with Gasteiger partial charge in [-0.05, 0) is 32.4 Å². The third-order valence-electron chi connectivity index (χ3n) is 2.84. The number of hydrogen-bond acceptors (Lipinski definition) is 3. The highest BCUT2D eigenvalue weighted by Gasteiger charge is 2.32. The molecule has 0 spiro atoms. The van der Waals surface area contributed by atoms with Crippen LogP contribution in [0.3, 0.4) is 0 Å². The lowest BCUT2D eigenvalue weighted by molar-refractivity contribution is -0.151. The van der Waals surface area contributed by atoms with Crippen molar-refractivity contribution >= 4 is 5.97 Å². The molecule has 0 aromatic carbocycles. The molecule has 0 N–H and O–H groups in total. The molecule has 3 heteroatoms. The van der Waals surface area contributed by atoms with Crippen molar-refractivity contribution in [3.63, 3.8) is 0 Å². The Bertz CT molecular complexity index is 414. The molecule has 0 radical (unpaired) electrons. The van der Waals surface area contributed by atoms with Crippen LogP contribution >= 0.6 is 0 Å². The number of pyridine rings is 1. The maximum Gasteiger partial charge on any atom is 0.316 e. The summed E-state index contributed by atoms with van der Waals surface area (Å²) >= 11 is 0. The van der Waals surface area contributed by atoms with Crippen LogP contribution in [0.5, 0.6) is 0 Å². The Kier molecular flexibility index (Phi) is 4.44. The molecule has 0 aliphatic rings. The van der Waals surface area contributed by atoms with E-state index in [1.165, 1.54) is 0 Å². The van der Waals surface area contributed by atoms with Crippen molar-refractivity contribution in [3.05, 3.63) is 42.2 Å². The van der Waals surface area contributed by atoms with Gasteiger partial charge in [0.2, 0.25) is 0 Å². The number of hydrogen-bond donors (Lipinski definition) is 0. The zero-order valence-electron chi connectivity index (χ0n) is 10.7. The van der Waals surface area contributed by atoms with Crippen molar-refractivity contribution in [2.45, 2.75) is 27.2 Å². The lowest BCUT2D eigenvalue weighted by atomic mass is 9.84. The van der Waals surface area contributed by atoms with E-state index in [1.54, 1.807) is 19.2 Å². The van der Waals surface area contributed by atoms with Crippen LogP contribution in [-0.4, -0.2) is 17.6 Å². The second-order valence-corrected chi connectivity index (χ2v) is 4.29. The fourth-order valence-electron chi connectivity index (χ4n) is 1.57. The molecule has 0 bridgehead atoms. The Hall–Kier alpha value is -1.64. The highest BCUT2D eigenvalue weighted by atomic mass is 16.5. The molecule has 0 saturated heterocycles. The molecule has 0 aliphatic heterocycles. The van der Waals surface area contributed by atoms with E-state index >= 15 is 0 Å². The van der Waals surface area contributed by atoms with Crippen LogP contribution in [0.15, 0.2) is 31.0 Å². The zero-order valence-corrected chi connectivity index (χ0v) is 10.7. The molecule has 1 unspecified atom stereocenters. The van der Waals surface area contributed by atoms with Gasteiger partial charge in [0.15, 0.2) is 0 Å². The Morgan fingerprint density at radius 3 is 2.88 bits per heavy atom. The highest BCUT2D eigenvalue weighted by Crippen LogP contribution is 2.26. The Morgan fingerprint density at radius 2 is 2.35 bits per heavy atom. The maximum atomic E-state index is 11.9. The van der Waals surface area contributed by atoms with E-state index in [1.807, 2.05) is 26.0 Å². The lowest BCUT2D eigenvalue weighted by Gasteiger charge is -2.23. The van der Waals surface area contributed by atoms with Crippen molar-refractivity contribution in [2.24, 2.45) is 5.41 Å². The van der Waals surface area contributed by atoms with Gasteiger partial charge in [0.25, 0.3) is 0 Å². The van der Waals surface area contributed by atoms with E-state index < -0.39 is 5.41 Å². The molecule has 1 rings (SSSR count). The Morgan fingerprint density at radius 1 is 1.65 bits per heavy atom.